The molecule has 44 heavy (non-hydrogen) atoms. The van der Waals surface area contributed by atoms with Crippen LogP contribution in [0.1, 0.15) is 60.3 Å². The van der Waals surface area contributed by atoms with Gasteiger partial charge in [-0.3, -0.25) is 9.59 Å². The molecule has 3 N–H and O–H groups in total. The van der Waals surface area contributed by atoms with Gasteiger partial charge in [0.25, 0.3) is 0 Å². The molecule has 2 heterocycles. The molecular formula is C33H33Cl2N3O6. The Hall–Kier alpha value is -3.73. The number of carboxylic acids is 1. The molecule has 0 radical (unpaired) electrons. The van der Waals surface area contributed by atoms with Gasteiger partial charge in [-0.05, 0) is 46.4 Å². The normalized spacial score (nSPS) is 18.2. The molecule has 0 saturated carbocycles. The van der Waals surface area contributed by atoms with Crippen molar-refractivity contribution < 1.29 is 29.3 Å². The molecule has 11 heteroatoms. The first-order valence-corrected chi connectivity index (χ1v) is 15.1. The molecule has 0 aliphatic carbocycles. The summed E-state index contributed by atoms with van der Waals surface area (Å²) >= 11 is 12.4. The molecule has 1 saturated heterocycles. The second-order valence-corrected chi connectivity index (χ2v) is 11.4. The zero-order valence-corrected chi connectivity index (χ0v) is 25.4. The fourth-order valence-electron chi connectivity index (χ4n) is 5.14. The third-order valence-corrected chi connectivity index (χ3v) is 8.22. The van der Waals surface area contributed by atoms with Crippen molar-refractivity contribution in [1.29, 1.82) is 0 Å². The van der Waals surface area contributed by atoms with E-state index in [1.807, 2.05) is 72.8 Å². The lowest BCUT2D eigenvalue weighted by Gasteiger charge is -2.36. The third kappa shape index (κ3) is 8.25. The first-order chi connectivity index (χ1) is 21.3. The van der Waals surface area contributed by atoms with Gasteiger partial charge in [0.1, 0.15) is 5.15 Å². The van der Waals surface area contributed by atoms with Gasteiger partial charge in [0, 0.05) is 31.4 Å². The van der Waals surface area contributed by atoms with Crippen molar-refractivity contribution in [2.45, 2.75) is 63.9 Å². The van der Waals surface area contributed by atoms with Crippen LogP contribution < -0.4 is 5.32 Å². The number of carbonyl (C=O) groups is 2. The summed E-state index contributed by atoms with van der Waals surface area (Å²) in [6.45, 7) is 0.744. The van der Waals surface area contributed by atoms with Crippen molar-refractivity contribution in [2.24, 2.45) is 0 Å². The number of aliphatic hydroxyl groups excluding tert-OH is 1. The molecule has 1 aliphatic heterocycles. The maximum atomic E-state index is 12.1. The first kappa shape index (κ1) is 31.7. The molecule has 230 valence electrons. The summed E-state index contributed by atoms with van der Waals surface area (Å²) in [6, 6.07) is 23.5. The van der Waals surface area contributed by atoms with E-state index in [0.29, 0.717) is 31.1 Å². The lowest BCUT2D eigenvalue weighted by atomic mass is 9.98. The Balaban J connectivity index is 1.33. The van der Waals surface area contributed by atoms with Crippen molar-refractivity contribution in [3.05, 3.63) is 112 Å². The maximum absolute atomic E-state index is 12.1. The summed E-state index contributed by atoms with van der Waals surface area (Å²) in [5.74, 6) is -1.09. The summed E-state index contributed by atoms with van der Waals surface area (Å²) in [7, 11) is 0. The number of carbonyl (C=O) groups excluding carboxylic acids is 1. The molecule has 0 unspecified atom stereocenters. The van der Waals surface area contributed by atoms with Gasteiger partial charge in [0.2, 0.25) is 5.91 Å². The highest BCUT2D eigenvalue weighted by molar-refractivity contribution is 6.40. The summed E-state index contributed by atoms with van der Waals surface area (Å²) < 4.78 is 14.7. The van der Waals surface area contributed by atoms with Crippen molar-refractivity contribution >= 4 is 35.1 Å². The summed E-state index contributed by atoms with van der Waals surface area (Å²) in [5, 5.41) is 21.7. The summed E-state index contributed by atoms with van der Waals surface area (Å²) in [4.78, 5) is 26.9. The van der Waals surface area contributed by atoms with Gasteiger partial charge in [-0.15, -0.1) is 0 Å². The van der Waals surface area contributed by atoms with Crippen LogP contribution in [-0.2, 0) is 38.8 Å². The summed E-state index contributed by atoms with van der Waals surface area (Å²) in [5.41, 5.74) is 5.49. The molecule has 5 rings (SSSR count). The number of nitrogens with zero attached hydrogens (tertiary/aromatic N) is 2. The quantitative estimate of drug-likeness (QED) is 0.163. The number of hydrogen-bond donors (Lipinski definition) is 3. The number of aliphatic carboxylic acids is 1. The van der Waals surface area contributed by atoms with Gasteiger partial charge in [0.15, 0.2) is 11.4 Å². The molecule has 1 aromatic heterocycles. The zero-order valence-electron chi connectivity index (χ0n) is 23.9. The molecule has 1 fully saturated rings. The first-order valence-electron chi connectivity index (χ1n) is 14.3. The van der Waals surface area contributed by atoms with Gasteiger partial charge >= 0.3 is 5.97 Å². The molecule has 9 nitrogen and oxygen atoms in total. The molecule has 0 spiro atoms. The number of benzene rings is 3. The maximum Gasteiger partial charge on any atom is 0.303 e. The monoisotopic (exact) mass is 637 g/mol. The minimum atomic E-state index is -0.910. The Morgan fingerprint density at radius 3 is 2.39 bits per heavy atom. The van der Waals surface area contributed by atoms with Crippen molar-refractivity contribution in [3.8, 4) is 11.1 Å². The lowest BCUT2D eigenvalue weighted by molar-refractivity contribution is -0.252. The molecule has 3 aromatic carbocycles. The number of aromatic nitrogens is 2. The molecule has 0 bridgehead atoms. The third-order valence-electron chi connectivity index (χ3n) is 7.45. The fourth-order valence-corrected chi connectivity index (χ4v) is 5.45. The van der Waals surface area contributed by atoms with E-state index in [1.165, 1.54) is 0 Å². The number of aliphatic hydroxyl groups is 1. The van der Waals surface area contributed by atoms with E-state index in [4.69, 9.17) is 37.8 Å². The van der Waals surface area contributed by atoms with Crippen LogP contribution in [0.3, 0.4) is 0 Å². The van der Waals surface area contributed by atoms with Crippen LogP contribution in [0.25, 0.3) is 11.1 Å². The lowest BCUT2D eigenvalue weighted by Crippen LogP contribution is -2.32. The SMILES string of the molecule is O=C(O)CCCC(=O)NCc1cccc(-c2cccc([C@H]3O[C@@H](Cn4cnc(Cl)c4Cl)C[C@@H](c4ccc(CO)cc4)O3)c2)c1. The number of amides is 1. The number of carboxylic acid groups (broad SMARTS) is 1. The van der Waals surface area contributed by atoms with Crippen LogP contribution in [0.4, 0.5) is 0 Å². The van der Waals surface area contributed by atoms with Crippen LogP contribution in [0.15, 0.2) is 79.1 Å². The molecular weight excluding hydrogens is 605 g/mol. The van der Waals surface area contributed by atoms with Crippen LogP contribution in [0.2, 0.25) is 10.3 Å². The van der Waals surface area contributed by atoms with E-state index in [0.717, 1.165) is 33.4 Å². The molecule has 4 aromatic rings. The fraction of sp³-hybridized carbons (Fsp3) is 0.303. The van der Waals surface area contributed by atoms with Gasteiger partial charge in [-0.25, -0.2) is 4.98 Å². The zero-order chi connectivity index (χ0) is 31.1. The highest BCUT2D eigenvalue weighted by Gasteiger charge is 2.33. The minimum absolute atomic E-state index is 0.0309. The van der Waals surface area contributed by atoms with Gasteiger partial charge in [0.05, 0.1) is 31.7 Å². The average molecular weight is 639 g/mol. The van der Waals surface area contributed by atoms with E-state index in [1.54, 1.807) is 10.9 Å². The highest BCUT2D eigenvalue weighted by Crippen LogP contribution is 2.39. The van der Waals surface area contributed by atoms with Crippen LogP contribution in [-0.4, -0.2) is 37.7 Å². The van der Waals surface area contributed by atoms with Crippen molar-refractivity contribution in [2.75, 3.05) is 0 Å². The number of nitrogens with one attached hydrogen (secondary N) is 1. The Labute approximate surface area is 265 Å². The smallest absolute Gasteiger partial charge is 0.303 e. The van der Waals surface area contributed by atoms with Crippen molar-refractivity contribution in [1.82, 2.24) is 14.9 Å². The topological polar surface area (TPSA) is 123 Å². The van der Waals surface area contributed by atoms with Crippen LogP contribution in [0.5, 0.6) is 0 Å². The largest absolute Gasteiger partial charge is 0.481 e. The number of hydrogen-bond acceptors (Lipinski definition) is 6. The Morgan fingerprint density at radius 2 is 1.68 bits per heavy atom. The van der Waals surface area contributed by atoms with Gasteiger partial charge < -0.3 is 29.6 Å². The number of imidazole rings is 1. The predicted octanol–water partition coefficient (Wildman–Crippen LogP) is 6.47. The van der Waals surface area contributed by atoms with Crippen molar-refractivity contribution in [3.63, 3.8) is 0 Å². The van der Waals surface area contributed by atoms with Gasteiger partial charge in [-0.2, -0.15) is 0 Å². The van der Waals surface area contributed by atoms with Crippen LogP contribution in [0, 0.1) is 0 Å². The molecule has 1 aliphatic rings. The van der Waals surface area contributed by atoms with E-state index < -0.39 is 12.3 Å². The number of rotatable bonds is 12. The summed E-state index contributed by atoms with van der Waals surface area (Å²) in [6.07, 6.45) is 1.42. The Kier molecular flexibility index (Phi) is 10.7. The molecule has 3 atom stereocenters. The standard InChI is InChI=1S/C33H33Cl2N3O6/c34-31-32(35)38(20-37-31)18-27-16-28(23-12-10-21(19-39)11-13-23)44-33(43-27)26-7-2-6-25(15-26)24-5-1-4-22(14-24)17-36-29(40)8-3-9-30(41)42/h1-2,4-7,10-15,20,27-28,33,39H,3,8-9,16-19H2,(H,36,40)(H,41,42)/t27-,28+,33+/m1/s1. The van der Waals surface area contributed by atoms with E-state index in [2.05, 4.69) is 10.3 Å². The van der Waals surface area contributed by atoms with E-state index in [9.17, 15) is 14.7 Å². The minimum Gasteiger partial charge on any atom is -0.481 e. The Bertz CT molecular complexity index is 1590. The van der Waals surface area contributed by atoms with E-state index >= 15 is 0 Å². The van der Waals surface area contributed by atoms with Crippen LogP contribution >= 0.6 is 23.2 Å². The second-order valence-electron chi connectivity index (χ2n) is 10.7. The average Bonchev–Trinajstić information content (AvgIpc) is 3.36. The molecule has 1 amide bonds. The Morgan fingerprint density at radius 1 is 0.932 bits per heavy atom. The predicted molar refractivity (Wildman–Crippen MR) is 166 cm³/mol. The highest BCUT2D eigenvalue weighted by atomic mass is 35.5. The second kappa shape index (κ2) is 14.8. The number of halogens is 2. The van der Waals surface area contributed by atoms with Gasteiger partial charge in [-0.1, -0.05) is 83.9 Å². The number of ether oxygens (including phenoxy) is 2. The van der Waals surface area contributed by atoms with E-state index in [-0.39, 0.29) is 42.7 Å².